The Kier molecular flexibility index (Phi) is 7.19. The van der Waals surface area contributed by atoms with Crippen LogP contribution in [-0.2, 0) is 9.53 Å². The third-order valence-electron chi connectivity index (χ3n) is 4.94. The second-order valence-corrected chi connectivity index (χ2v) is 7.66. The highest BCUT2D eigenvalue weighted by molar-refractivity contribution is 5.94. The minimum absolute atomic E-state index is 0.0372. The first kappa shape index (κ1) is 21.5. The Labute approximate surface area is 176 Å². The van der Waals surface area contributed by atoms with E-state index in [9.17, 15) is 14.4 Å². The zero-order valence-corrected chi connectivity index (χ0v) is 17.4. The average Bonchev–Trinajstić information content (AvgIpc) is 2.74. The Morgan fingerprint density at radius 1 is 0.967 bits per heavy atom. The molecule has 0 aliphatic carbocycles. The quantitative estimate of drug-likeness (QED) is 0.702. The molecular formula is C23H28N3O4+. The van der Waals surface area contributed by atoms with Gasteiger partial charge in [-0.25, -0.2) is 4.79 Å². The van der Waals surface area contributed by atoms with E-state index in [1.54, 1.807) is 38.1 Å². The molecule has 2 aromatic rings. The molecule has 0 aromatic heterocycles. The molecule has 2 aromatic carbocycles. The van der Waals surface area contributed by atoms with Crippen LogP contribution in [-0.4, -0.2) is 61.5 Å². The number of piperazine rings is 1. The van der Waals surface area contributed by atoms with Crippen molar-refractivity contribution >= 4 is 23.5 Å². The zero-order chi connectivity index (χ0) is 21.5. The van der Waals surface area contributed by atoms with Crippen LogP contribution in [0.15, 0.2) is 54.6 Å². The maximum absolute atomic E-state index is 12.5. The first-order chi connectivity index (χ1) is 14.4. The maximum atomic E-state index is 12.5. The number of anilines is 1. The van der Waals surface area contributed by atoms with Crippen molar-refractivity contribution in [1.82, 2.24) is 4.90 Å². The molecule has 0 bridgehead atoms. The lowest BCUT2D eigenvalue weighted by molar-refractivity contribution is -0.895. The number of ether oxygens (including phenoxy) is 1. The molecule has 1 aliphatic heterocycles. The van der Waals surface area contributed by atoms with Gasteiger partial charge >= 0.3 is 5.97 Å². The van der Waals surface area contributed by atoms with Crippen LogP contribution >= 0.6 is 0 Å². The highest BCUT2D eigenvalue weighted by Crippen LogP contribution is 2.11. The molecule has 1 aliphatic rings. The number of esters is 1. The number of carbonyl (C=O) groups is 3. The normalized spacial score (nSPS) is 14.4. The topological polar surface area (TPSA) is 80.2 Å². The molecule has 158 valence electrons. The number of nitrogens with one attached hydrogen (secondary N) is 2. The summed E-state index contributed by atoms with van der Waals surface area (Å²) in [7, 11) is 0. The lowest BCUT2D eigenvalue weighted by atomic mass is 10.2. The van der Waals surface area contributed by atoms with Crippen LogP contribution in [0, 0.1) is 0 Å². The van der Waals surface area contributed by atoms with Crippen LogP contribution in [0.3, 0.4) is 0 Å². The Morgan fingerprint density at radius 2 is 1.60 bits per heavy atom. The maximum Gasteiger partial charge on any atom is 0.338 e. The Bertz CT molecular complexity index is 873. The first-order valence-electron chi connectivity index (χ1n) is 10.2. The van der Waals surface area contributed by atoms with Crippen molar-refractivity contribution in [3.05, 3.63) is 65.7 Å². The molecule has 2 amide bonds. The van der Waals surface area contributed by atoms with Crippen molar-refractivity contribution in [2.45, 2.75) is 20.0 Å². The second-order valence-electron chi connectivity index (χ2n) is 7.66. The molecule has 7 nitrogen and oxygen atoms in total. The van der Waals surface area contributed by atoms with Gasteiger partial charge < -0.3 is 19.9 Å². The van der Waals surface area contributed by atoms with Gasteiger partial charge in [0.15, 0.2) is 6.54 Å². The minimum Gasteiger partial charge on any atom is -0.459 e. The van der Waals surface area contributed by atoms with Gasteiger partial charge in [-0.05, 0) is 50.2 Å². The average molecular weight is 410 g/mol. The SMILES string of the molecule is CC(C)OC(=O)c1ccc(NC(=O)C[NH+]2CCN(C(=O)c3ccccc3)CC2)cc1. The van der Waals surface area contributed by atoms with Gasteiger partial charge in [-0.2, -0.15) is 0 Å². The molecule has 0 radical (unpaired) electrons. The molecule has 30 heavy (non-hydrogen) atoms. The predicted octanol–water partition coefficient (Wildman–Crippen LogP) is 1.23. The molecule has 0 saturated carbocycles. The summed E-state index contributed by atoms with van der Waals surface area (Å²) < 4.78 is 5.15. The summed E-state index contributed by atoms with van der Waals surface area (Å²) in [5.41, 5.74) is 1.78. The molecule has 1 saturated heterocycles. The summed E-state index contributed by atoms with van der Waals surface area (Å²) in [6.07, 6.45) is -0.177. The molecule has 3 rings (SSSR count). The Morgan fingerprint density at radius 3 is 2.20 bits per heavy atom. The fraction of sp³-hybridized carbons (Fsp3) is 0.348. The summed E-state index contributed by atoms with van der Waals surface area (Å²) in [6.45, 7) is 6.65. The number of carbonyl (C=O) groups excluding carboxylic acids is 3. The van der Waals surface area contributed by atoms with E-state index in [0.717, 1.165) is 18.0 Å². The number of rotatable bonds is 6. The van der Waals surface area contributed by atoms with E-state index >= 15 is 0 Å². The summed E-state index contributed by atoms with van der Waals surface area (Å²) >= 11 is 0. The number of benzene rings is 2. The minimum atomic E-state index is -0.379. The van der Waals surface area contributed by atoms with Crippen LogP contribution in [0.1, 0.15) is 34.6 Å². The van der Waals surface area contributed by atoms with Gasteiger partial charge in [0.2, 0.25) is 0 Å². The van der Waals surface area contributed by atoms with E-state index in [-0.39, 0.29) is 23.9 Å². The monoisotopic (exact) mass is 410 g/mol. The van der Waals surface area contributed by atoms with Crippen molar-refractivity contribution in [2.24, 2.45) is 0 Å². The van der Waals surface area contributed by atoms with Gasteiger partial charge in [0.05, 0.1) is 37.8 Å². The van der Waals surface area contributed by atoms with E-state index in [1.807, 2.05) is 35.2 Å². The number of hydrogen-bond donors (Lipinski definition) is 2. The van der Waals surface area contributed by atoms with E-state index in [1.165, 1.54) is 0 Å². The van der Waals surface area contributed by atoms with Crippen LogP contribution in [0.2, 0.25) is 0 Å². The third kappa shape index (κ3) is 5.90. The van der Waals surface area contributed by atoms with Crippen LogP contribution in [0.4, 0.5) is 5.69 Å². The molecule has 0 atom stereocenters. The lowest BCUT2D eigenvalue weighted by Gasteiger charge is -2.32. The van der Waals surface area contributed by atoms with Crippen molar-refractivity contribution in [1.29, 1.82) is 0 Å². The van der Waals surface area contributed by atoms with Gasteiger partial charge in [-0.3, -0.25) is 9.59 Å². The Balaban J connectivity index is 1.45. The summed E-state index contributed by atoms with van der Waals surface area (Å²) in [6, 6.07) is 15.9. The molecular weight excluding hydrogens is 382 g/mol. The molecule has 0 unspecified atom stereocenters. The van der Waals surface area contributed by atoms with Crippen molar-refractivity contribution in [2.75, 3.05) is 38.0 Å². The van der Waals surface area contributed by atoms with E-state index in [4.69, 9.17) is 4.74 Å². The van der Waals surface area contributed by atoms with E-state index < -0.39 is 0 Å². The smallest absolute Gasteiger partial charge is 0.338 e. The van der Waals surface area contributed by atoms with Crippen molar-refractivity contribution in [3.8, 4) is 0 Å². The van der Waals surface area contributed by atoms with Gasteiger partial charge in [-0.15, -0.1) is 0 Å². The van der Waals surface area contributed by atoms with Crippen LogP contribution in [0.25, 0.3) is 0 Å². The lowest BCUT2D eigenvalue weighted by Crippen LogP contribution is -3.15. The fourth-order valence-corrected chi connectivity index (χ4v) is 3.37. The van der Waals surface area contributed by atoms with Gasteiger partial charge in [-0.1, -0.05) is 18.2 Å². The van der Waals surface area contributed by atoms with Crippen molar-refractivity contribution < 1.29 is 24.0 Å². The predicted molar refractivity (Wildman–Crippen MR) is 114 cm³/mol. The van der Waals surface area contributed by atoms with Crippen LogP contribution < -0.4 is 10.2 Å². The first-order valence-corrected chi connectivity index (χ1v) is 10.2. The highest BCUT2D eigenvalue weighted by Gasteiger charge is 2.25. The number of quaternary nitrogens is 1. The molecule has 0 spiro atoms. The summed E-state index contributed by atoms with van der Waals surface area (Å²) in [5, 5.41) is 2.86. The third-order valence-corrected chi connectivity index (χ3v) is 4.94. The summed E-state index contributed by atoms with van der Waals surface area (Å²) in [4.78, 5) is 39.7. The van der Waals surface area contributed by atoms with Gasteiger partial charge in [0.25, 0.3) is 11.8 Å². The van der Waals surface area contributed by atoms with E-state index in [0.29, 0.717) is 36.4 Å². The second kappa shape index (κ2) is 10.0. The Hall–Kier alpha value is -3.19. The molecule has 7 heteroatoms. The standard InChI is InChI=1S/C23H27N3O4/c1-17(2)30-23(29)19-8-10-20(11-9-19)24-21(27)16-25-12-14-26(15-13-25)22(28)18-6-4-3-5-7-18/h3-11,17H,12-16H2,1-2H3,(H,24,27)/p+1. The van der Waals surface area contributed by atoms with Crippen LogP contribution in [0.5, 0.6) is 0 Å². The molecule has 1 fully saturated rings. The largest absolute Gasteiger partial charge is 0.459 e. The summed E-state index contributed by atoms with van der Waals surface area (Å²) in [5.74, 6) is -0.434. The number of hydrogen-bond acceptors (Lipinski definition) is 4. The molecule has 2 N–H and O–H groups in total. The number of nitrogens with zero attached hydrogens (tertiary/aromatic N) is 1. The van der Waals surface area contributed by atoms with Crippen molar-refractivity contribution in [3.63, 3.8) is 0 Å². The molecule has 1 heterocycles. The number of amides is 2. The zero-order valence-electron chi connectivity index (χ0n) is 17.4. The van der Waals surface area contributed by atoms with E-state index in [2.05, 4.69) is 5.32 Å². The fourth-order valence-electron chi connectivity index (χ4n) is 3.37. The van der Waals surface area contributed by atoms with Gasteiger partial charge in [0.1, 0.15) is 0 Å². The van der Waals surface area contributed by atoms with Gasteiger partial charge in [0, 0.05) is 11.3 Å². The highest BCUT2D eigenvalue weighted by atomic mass is 16.5.